The fourth-order valence-electron chi connectivity index (χ4n) is 2.20. The number of hydrogen-bond acceptors (Lipinski definition) is 4. The highest BCUT2D eigenvalue weighted by atomic mass is 16.5. The van der Waals surface area contributed by atoms with Gasteiger partial charge in [-0.15, -0.1) is 0 Å². The quantitative estimate of drug-likeness (QED) is 0.653. The Morgan fingerprint density at radius 2 is 1.67 bits per heavy atom. The third kappa shape index (κ3) is 4.35. The van der Waals surface area contributed by atoms with Gasteiger partial charge in [0, 0.05) is 12.1 Å². The maximum absolute atomic E-state index is 12.2. The number of benzene rings is 2. The van der Waals surface area contributed by atoms with Crippen molar-refractivity contribution < 1.29 is 19.1 Å². The van der Waals surface area contributed by atoms with Crippen LogP contribution in [0.2, 0.25) is 0 Å². The number of hydrogen-bond donors (Lipinski definition) is 1. The molecule has 24 heavy (non-hydrogen) atoms. The summed E-state index contributed by atoms with van der Waals surface area (Å²) in [6.07, 6.45) is 0. The van der Waals surface area contributed by atoms with Gasteiger partial charge in [0.05, 0.1) is 12.2 Å². The lowest BCUT2D eigenvalue weighted by atomic mass is 10.1. The van der Waals surface area contributed by atoms with Crippen LogP contribution in [-0.4, -0.2) is 25.0 Å². The molecule has 0 saturated carbocycles. The summed E-state index contributed by atoms with van der Waals surface area (Å²) >= 11 is 0. The molecule has 2 rings (SSSR count). The first-order valence-electron chi connectivity index (χ1n) is 7.89. The van der Waals surface area contributed by atoms with Crippen molar-refractivity contribution in [2.45, 2.75) is 20.8 Å². The van der Waals surface area contributed by atoms with E-state index in [9.17, 15) is 9.59 Å². The van der Waals surface area contributed by atoms with Crippen LogP contribution in [0, 0.1) is 6.92 Å². The molecule has 0 aromatic heterocycles. The second kappa shape index (κ2) is 8.15. The van der Waals surface area contributed by atoms with E-state index in [1.807, 2.05) is 20.8 Å². The lowest BCUT2D eigenvalue weighted by Gasteiger charge is -2.09. The van der Waals surface area contributed by atoms with Crippen molar-refractivity contribution in [3.8, 4) is 11.5 Å². The molecule has 0 heterocycles. The third-order valence-electron chi connectivity index (χ3n) is 3.37. The molecule has 0 unspecified atom stereocenters. The van der Waals surface area contributed by atoms with Gasteiger partial charge in [-0.2, -0.15) is 0 Å². The van der Waals surface area contributed by atoms with E-state index in [4.69, 9.17) is 9.47 Å². The molecular weight excluding hydrogens is 306 g/mol. The molecule has 1 N–H and O–H groups in total. The van der Waals surface area contributed by atoms with Crippen molar-refractivity contribution in [2.75, 3.05) is 13.2 Å². The normalized spacial score (nSPS) is 10.1. The van der Waals surface area contributed by atoms with E-state index in [2.05, 4.69) is 5.32 Å². The molecule has 0 fully saturated rings. The van der Waals surface area contributed by atoms with E-state index in [-0.39, 0.29) is 5.91 Å². The summed E-state index contributed by atoms with van der Waals surface area (Å²) in [6, 6.07) is 11.6. The zero-order valence-corrected chi connectivity index (χ0v) is 14.1. The van der Waals surface area contributed by atoms with Crippen LogP contribution in [0.4, 0.5) is 0 Å². The SMILES string of the molecule is CCNC(=O)c1ccc(OC(=O)c2ccc(OCC)c(C)c2)cc1. The van der Waals surface area contributed by atoms with Crippen molar-refractivity contribution in [2.24, 2.45) is 0 Å². The topological polar surface area (TPSA) is 64.6 Å². The van der Waals surface area contributed by atoms with Gasteiger partial charge in [0.15, 0.2) is 0 Å². The molecule has 0 aliphatic heterocycles. The number of carbonyl (C=O) groups is 2. The predicted molar refractivity (Wildman–Crippen MR) is 91.8 cm³/mol. The zero-order valence-electron chi connectivity index (χ0n) is 14.1. The molecule has 0 radical (unpaired) electrons. The highest BCUT2D eigenvalue weighted by molar-refractivity contribution is 5.94. The Morgan fingerprint density at radius 1 is 1.00 bits per heavy atom. The summed E-state index contributed by atoms with van der Waals surface area (Å²) in [4.78, 5) is 23.9. The van der Waals surface area contributed by atoms with Crippen LogP contribution < -0.4 is 14.8 Å². The highest BCUT2D eigenvalue weighted by Gasteiger charge is 2.11. The lowest BCUT2D eigenvalue weighted by molar-refractivity contribution is 0.0734. The Labute approximate surface area is 141 Å². The van der Waals surface area contributed by atoms with Gasteiger partial charge >= 0.3 is 5.97 Å². The van der Waals surface area contributed by atoms with Crippen LogP contribution in [0.3, 0.4) is 0 Å². The first kappa shape index (κ1) is 17.5. The largest absolute Gasteiger partial charge is 0.494 e. The Morgan fingerprint density at radius 3 is 2.25 bits per heavy atom. The molecule has 0 saturated heterocycles. The molecule has 126 valence electrons. The van der Waals surface area contributed by atoms with E-state index >= 15 is 0 Å². The number of esters is 1. The van der Waals surface area contributed by atoms with Crippen LogP contribution in [0.5, 0.6) is 11.5 Å². The maximum atomic E-state index is 12.2. The third-order valence-corrected chi connectivity index (χ3v) is 3.37. The van der Waals surface area contributed by atoms with Gasteiger partial charge in [-0.1, -0.05) is 0 Å². The van der Waals surface area contributed by atoms with Gasteiger partial charge in [-0.3, -0.25) is 4.79 Å². The fraction of sp³-hybridized carbons (Fsp3) is 0.263. The Balaban J connectivity index is 2.06. The molecule has 5 heteroatoms. The van der Waals surface area contributed by atoms with Crippen molar-refractivity contribution in [1.82, 2.24) is 5.32 Å². The summed E-state index contributed by atoms with van der Waals surface area (Å²) in [5.41, 5.74) is 1.84. The summed E-state index contributed by atoms with van der Waals surface area (Å²) < 4.78 is 10.8. The molecule has 2 aromatic rings. The van der Waals surface area contributed by atoms with Crippen molar-refractivity contribution >= 4 is 11.9 Å². The molecule has 5 nitrogen and oxygen atoms in total. The van der Waals surface area contributed by atoms with Crippen molar-refractivity contribution in [3.63, 3.8) is 0 Å². The van der Waals surface area contributed by atoms with E-state index in [1.165, 1.54) is 0 Å². The number of rotatable bonds is 6. The van der Waals surface area contributed by atoms with Gasteiger partial charge in [0.2, 0.25) is 0 Å². The van der Waals surface area contributed by atoms with Gasteiger partial charge in [0.1, 0.15) is 11.5 Å². The summed E-state index contributed by atoms with van der Waals surface area (Å²) in [6.45, 7) is 6.77. The van der Waals surface area contributed by atoms with Crippen molar-refractivity contribution in [1.29, 1.82) is 0 Å². The van der Waals surface area contributed by atoms with Gasteiger partial charge in [-0.05, 0) is 68.8 Å². The lowest BCUT2D eigenvalue weighted by Crippen LogP contribution is -2.22. The maximum Gasteiger partial charge on any atom is 0.343 e. The standard InChI is InChI=1S/C19H21NO4/c1-4-20-18(21)14-6-9-16(10-7-14)24-19(22)15-8-11-17(23-5-2)13(3)12-15/h6-12H,4-5H2,1-3H3,(H,20,21). The minimum absolute atomic E-state index is 0.155. The monoisotopic (exact) mass is 327 g/mol. The average Bonchev–Trinajstić information content (AvgIpc) is 2.57. The zero-order chi connectivity index (χ0) is 17.5. The van der Waals surface area contributed by atoms with Gasteiger partial charge in [-0.25, -0.2) is 4.79 Å². The summed E-state index contributed by atoms with van der Waals surface area (Å²) in [5.74, 6) is 0.532. The molecular formula is C19H21NO4. The molecule has 2 aromatic carbocycles. The van der Waals surface area contributed by atoms with E-state index in [0.717, 1.165) is 11.3 Å². The average molecular weight is 327 g/mol. The predicted octanol–water partition coefficient (Wildman–Crippen LogP) is 3.36. The van der Waals surface area contributed by atoms with Crippen LogP contribution in [0.25, 0.3) is 0 Å². The van der Waals surface area contributed by atoms with Crippen LogP contribution >= 0.6 is 0 Å². The van der Waals surface area contributed by atoms with Gasteiger partial charge < -0.3 is 14.8 Å². The number of ether oxygens (including phenoxy) is 2. The van der Waals surface area contributed by atoms with E-state index < -0.39 is 5.97 Å². The molecule has 0 spiro atoms. The Hall–Kier alpha value is -2.82. The smallest absolute Gasteiger partial charge is 0.343 e. The number of amides is 1. The molecule has 0 aliphatic carbocycles. The molecule has 0 aliphatic rings. The van der Waals surface area contributed by atoms with E-state index in [0.29, 0.717) is 30.0 Å². The van der Waals surface area contributed by atoms with Crippen LogP contribution in [0.15, 0.2) is 42.5 Å². The fourth-order valence-corrected chi connectivity index (χ4v) is 2.20. The Bertz CT molecular complexity index is 723. The first-order valence-corrected chi connectivity index (χ1v) is 7.89. The second-order valence-corrected chi connectivity index (χ2v) is 5.19. The summed E-state index contributed by atoms with van der Waals surface area (Å²) in [7, 11) is 0. The molecule has 0 atom stereocenters. The number of nitrogens with one attached hydrogen (secondary N) is 1. The van der Waals surface area contributed by atoms with E-state index in [1.54, 1.807) is 42.5 Å². The summed E-state index contributed by atoms with van der Waals surface area (Å²) in [5, 5.41) is 2.71. The highest BCUT2D eigenvalue weighted by Crippen LogP contribution is 2.21. The first-order chi connectivity index (χ1) is 11.5. The van der Waals surface area contributed by atoms with Gasteiger partial charge in [0.25, 0.3) is 5.91 Å². The second-order valence-electron chi connectivity index (χ2n) is 5.19. The molecule has 0 bridgehead atoms. The van der Waals surface area contributed by atoms with Crippen LogP contribution in [-0.2, 0) is 0 Å². The van der Waals surface area contributed by atoms with Crippen LogP contribution in [0.1, 0.15) is 40.1 Å². The number of carbonyl (C=O) groups excluding carboxylic acids is 2. The Kier molecular flexibility index (Phi) is 5.95. The van der Waals surface area contributed by atoms with Crippen molar-refractivity contribution in [3.05, 3.63) is 59.2 Å². The number of aryl methyl sites for hydroxylation is 1. The minimum atomic E-state index is -0.452. The molecule has 1 amide bonds. The minimum Gasteiger partial charge on any atom is -0.494 e.